The smallest absolute Gasteiger partial charge is 0.387 e. The van der Waals surface area contributed by atoms with Crippen LogP contribution in [0.4, 0.5) is 14.5 Å². The minimum atomic E-state index is -2.77. The molecule has 1 N–H and O–H groups in total. The van der Waals surface area contributed by atoms with E-state index in [2.05, 4.69) is 17.0 Å². The van der Waals surface area contributed by atoms with Gasteiger partial charge in [0.2, 0.25) is 0 Å². The van der Waals surface area contributed by atoms with E-state index in [0.29, 0.717) is 0 Å². The molecule has 0 spiro atoms. The number of anilines is 1. The molecule has 0 aliphatic rings. The highest BCUT2D eigenvalue weighted by molar-refractivity contribution is 5.48. The summed E-state index contributed by atoms with van der Waals surface area (Å²) in [5.74, 6) is 0.190. The van der Waals surface area contributed by atoms with Gasteiger partial charge in [-0.3, -0.25) is 0 Å². The second-order valence-corrected chi connectivity index (χ2v) is 3.54. The van der Waals surface area contributed by atoms with E-state index in [0.717, 1.165) is 25.1 Å². The maximum absolute atomic E-state index is 12.0. The Balaban J connectivity index is 2.41. The first kappa shape index (κ1) is 12.7. The highest BCUT2D eigenvalue weighted by Gasteiger charge is 2.03. The molecular weight excluding hydrogens is 212 g/mol. The van der Waals surface area contributed by atoms with Crippen LogP contribution in [0.2, 0.25) is 0 Å². The molecule has 0 unspecified atom stereocenters. The quantitative estimate of drug-likeness (QED) is 0.716. The van der Waals surface area contributed by atoms with Crippen molar-refractivity contribution in [1.82, 2.24) is 0 Å². The summed E-state index contributed by atoms with van der Waals surface area (Å²) >= 11 is 0. The summed E-state index contributed by atoms with van der Waals surface area (Å²) in [5.41, 5.74) is 0.814. The monoisotopic (exact) mass is 229 g/mol. The molecule has 0 aromatic heterocycles. The average molecular weight is 229 g/mol. The molecule has 0 bridgehead atoms. The molecule has 4 heteroatoms. The van der Waals surface area contributed by atoms with Gasteiger partial charge in [-0.2, -0.15) is 8.78 Å². The molecule has 1 aromatic carbocycles. The Hall–Kier alpha value is -1.32. The van der Waals surface area contributed by atoms with Gasteiger partial charge in [0.05, 0.1) is 0 Å². The third kappa shape index (κ3) is 4.96. The fourth-order valence-electron chi connectivity index (χ4n) is 1.39. The Bertz CT molecular complexity index is 305. The van der Waals surface area contributed by atoms with Gasteiger partial charge in [-0.05, 0) is 18.6 Å². The number of benzene rings is 1. The second kappa shape index (κ2) is 7.04. The van der Waals surface area contributed by atoms with E-state index in [1.807, 2.05) is 6.07 Å². The van der Waals surface area contributed by atoms with E-state index >= 15 is 0 Å². The SMILES string of the molecule is CCCCCNc1cccc(OC(F)F)c1. The molecule has 0 aliphatic carbocycles. The van der Waals surface area contributed by atoms with Crippen molar-refractivity contribution in [2.45, 2.75) is 32.8 Å². The third-order valence-electron chi connectivity index (χ3n) is 2.17. The number of hydrogen-bond donors (Lipinski definition) is 1. The molecule has 1 aromatic rings. The second-order valence-electron chi connectivity index (χ2n) is 3.54. The van der Waals surface area contributed by atoms with Gasteiger partial charge in [0, 0.05) is 18.3 Å². The molecule has 0 radical (unpaired) electrons. The van der Waals surface area contributed by atoms with Crippen LogP contribution < -0.4 is 10.1 Å². The first-order valence-electron chi connectivity index (χ1n) is 5.51. The number of nitrogens with one attached hydrogen (secondary N) is 1. The summed E-state index contributed by atoms with van der Waals surface area (Å²) in [6, 6.07) is 6.63. The zero-order valence-electron chi connectivity index (χ0n) is 9.38. The lowest BCUT2D eigenvalue weighted by atomic mass is 10.2. The predicted octanol–water partition coefficient (Wildman–Crippen LogP) is 3.89. The van der Waals surface area contributed by atoms with Gasteiger partial charge in [-0.1, -0.05) is 25.8 Å². The van der Waals surface area contributed by atoms with Gasteiger partial charge in [0.15, 0.2) is 0 Å². The van der Waals surface area contributed by atoms with Gasteiger partial charge < -0.3 is 10.1 Å². The fraction of sp³-hybridized carbons (Fsp3) is 0.500. The van der Waals surface area contributed by atoms with Crippen LogP contribution in [0.3, 0.4) is 0 Å². The van der Waals surface area contributed by atoms with E-state index in [4.69, 9.17) is 0 Å². The summed E-state index contributed by atoms with van der Waals surface area (Å²) in [4.78, 5) is 0. The third-order valence-corrected chi connectivity index (χ3v) is 2.17. The maximum atomic E-state index is 12.0. The van der Waals surface area contributed by atoms with Crippen molar-refractivity contribution in [3.05, 3.63) is 24.3 Å². The van der Waals surface area contributed by atoms with E-state index in [1.165, 1.54) is 12.5 Å². The maximum Gasteiger partial charge on any atom is 0.387 e. The van der Waals surface area contributed by atoms with Gasteiger partial charge in [0.25, 0.3) is 0 Å². The van der Waals surface area contributed by atoms with Crippen LogP contribution in [-0.2, 0) is 0 Å². The highest BCUT2D eigenvalue weighted by atomic mass is 19.3. The number of rotatable bonds is 7. The number of unbranched alkanes of at least 4 members (excludes halogenated alkanes) is 2. The Morgan fingerprint density at radius 3 is 2.81 bits per heavy atom. The van der Waals surface area contributed by atoms with Crippen molar-refractivity contribution in [1.29, 1.82) is 0 Å². The molecule has 90 valence electrons. The van der Waals surface area contributed by atoms with Crippen molar-refractivity contribution in [2.24, 2.45) is 0 Å². The number of halogens is 2. The van der Waals surface area contributed by atoms with Gasteiger partial charge in [-0.15, -0.1) is 0 Å². The zero-order chi connectivity index (χ0) is 11.8. The van der Waals surface area contributed by atoms with E-state index in [9.17, 15) is 8.78 Å². The van der Waals surface area contributed by atoms with Crippen LogP contribution in [-0.4, -0.2) is 13.2 Å². The summed E-state index contributed by atoms with van der Waals surface area (Å²) < 4.78 is 28.2. The molecule has 0 atom stereocenters. The van der Waals surface area contributed by atoms with E-state index in [1.54, 1.807) is 12.1 Å². The first-order valence-corrected chi connectivity index (χ1v) is 5.51. The van der Waals surface area contributed by atoms with Crippen LogP contribution in [0, 0.1) is 0 Å². The molecule has 0 fully saturated rings. The highest BCUT2D eigenvalue weighted by Crippen LogP contribution is 2.19. The van der Waals surface area contributed by atoms with Crippen LogP contribution in [0.1, 0.15) is 26.2 Å². The minimum absolute atomic E-state index is 0.190. The standard InChI is InChI=1S/C12H17F2NO/c1-2-3-4-8-15-10-6-5-7-11(9-10)16-12(13)14/h5-7,9,12,15H,2-4,8H2,1H3. The van der Waals surface area contributed by atoms with Gasteiger partial charge >= 0.3 is 6.61 Å². The number of hydrogen-bond acceptors (Lipinski definition) is 2. The lowest BCUT2D eigenvalue weighted by Gasteiger charge is -2.08. The normalized spacial score (nSPS) is 10.5. The zero-order valence-corrected chi connectivity index (χ0v) is 9.38. The summed E-state index contributed by atoms with van der Waals surface area (Å²) in [5, 5.41) is 3.17. The van der Waals surface area contributed by atoms with Crippen LogP contribution >= 0.6 is 0 Å². The summed E-state index contributed by atoms with van der Waals surface area (Å²) in [6.07, 6.45) is 3.41. The minimum Gasteiger partial charge on any atom is -0.435 e. The topological polar surface area (TPSA) is 21.3 Å². The molecule has 0 amide bonds. The average Bonchev–Trinajstić information content (AvgIpc) is 2.24. The molecule has 16 heavy (non-hydrogen) atoms. The van der Waals surface area contributed by atoms with Crippen LogP contribution in [0.25, 0.3) is 0 Å². The van der Waals surface area contributed by atoms with E-state index < -0.39 is 6.61 Å². The lowest BCUT2D eigenvalue weighted by molar-refractivity contribution is -0.0498. The van der Waals surface area contributed by atoms with Crippen LogP contribution in [0.15, 0.2) is 24.3 Å². The van der Waals surface area contributed by atoms with Gasteiger partial charge in [-0.25, -0.2) is 0 Å². The Morgan fingerprint density at radius 2 is 2.12 bits per heavy atom. The summed E-state index contributed by atoms with van der Waals surface area (Å²) in [7, 11) is 0. The van der Waals surface area contributed by atoms with Gasteiger partial charge in [0.1, 0.15) is 5.75 Å². The largest absolute Gasteiger partial charge is 0.435 e. The molecule has 0 aliphatic heterocycles. The molecule has 0 saturated heterocycles. The van der Waals surface area contributed by atoms with Crippen molar-refractivity contribution in [3.63, 3.8) is 0 Å². The Labute approximate surface area is 94.6 Å². The van der Waals surface area contributed by atoms with Crippen molar-refractivity contribution in [2.75, 3.05) is 11.9 Å². The Morgan fingerprint density at radius 1 is 1.31 bits per heavy atom. The van der Waals surface area contributed by atoms with Crippen molar-refractivity contribution < 1.29 is 13.5 Å². The number of ether oxygens (including phenoxy) is 1. The molecular formula is C12H17F2NO. The van der Waals surface area contributed by atoms with E-state index in [-0.39, 0.29) is 5.75 Å². The van der Waals surface area contributed by atoms with Crippen molar-refractivity contribution >= 4 is 5.69 Å². The van der Waals surface area contributed by atoms with Crippen molar-refractivity contribution in [3.8, 4) is 5.75 Å². The molecule has 0 saturated carbocycles. The first-order chi connectivity index (χ1) is 7.72. The summed E-state index contributed by atoms with van der Waals surface area (Å²) in [6.45, 7) is 0.221. The lowest BCUT2D eigenvalue weighted by Crippen LogP contribution is -2.04. The van der Waals surface area contributed by atoms with Crippen LogP contribution in [0.5, 0.6) is 5.75 Å². The molecule has 2 nitrogen and oxygen atoms in total. The predicted molar refractivity (Wildman–Crippen MR) is 61.1 cm³/mol. The number of alkyl halides is 2. The molecule has 1 rings (SSSR count). The Kier molecular flexibility index (Phi) is 5.61. The molecule has 0 heterocycles. The fourth-order valence-corrected chi connectivity index (χ4v) is 1.39.